The van der Waals surface area contributed by atoms with Gasteiger partial charge in [-0.15, -0.1) is 0 Å². The molecule has 0 aliphatic carbocycles. The van der Waals surface area contributed by atoms with Crippen LogP contribution in [0.2, 0.25) is 0 Å². The van der Waals surface area contributed by atoms with Crippen molar-refractivity contribution < 1.29 is 5.11 Å². The molecule has 0 bridgehead atoms. The van der Waals surface area contributed by atoms with E-state index in [1.165, 1.54) is 5.56 Å². The van der Waals surface area contributed by atoms with Crippen molar-refractivity contribution in [3.8, 4) is 0 Å². The number of benzene rings is 2. The lowest BCUT2D eigenvalue weighted by Crippen LogP contribution is -2.31. The lowest BCUT2D eigenvalue weighted by Gasteiger charge is -2.21. The van der Waals surface area contributed by atoms with Gasteiger partial charge in [-0.1, -0.05) is 67.6 Å². The standard InChI is InChI=1S/C25H32N6O/c1-4-22(17-32)28-25(26)29-24(30(3)15-20-11-7-5-8-12-20)23-19(2)31(18-27-23)16-21-13-9-6-10-14-21/h5-14,18,22,32H,4,15-17H2,1-3H3,(H2,26,28)/t22-/m1/s1. The van der Waals surface area contributed by atoms with Crippen LogP contribution >= 0.6 is 0 Å². The molecule has 0 amide bonds. The minimum Gasteiger partial charge on any atom is -0.394 e. The highest BCUT2D eigenvalue weighted by atomic mass is 16.3. The zero-order valence-electron chi connectivity index (χ0n) is 19.0. The first kappa shape index (κ1) is 23.2. The summed E-state index contributed by atoms with van der Waals surface area (Å²) in [6, 6.07) is 20.2. The Bertz CT molecular complexity index is 1040. The van der Waals surface area contributed by atoms with Crippen LogP contribution in [0.25, 0.3) is 0 Å². The Labute approximate surface area is 190 Å². The van der Waals surface area contributed by atoms with Crippen LogP contribution in [0.15, 0.2) is 77.0 Å². The van der Waals surface area contributed by atoms with E-state index in [1.807, 2.05) is 68.5 Å². The van der Waals surface area contributed by atoms with Gasteiger partial charge < -0.3 is 20.3 Å². The molecule has 7 nitrogen and oxygen atoms in total. The van der Waals surface area contributed by atoms with Gasteiger partial charge in [-0.25, -0.2) is 9.98 Å². The Hall–Kier alpha value is -3.45. The van der Waals surface area contributed by atoms with Crippen molar-refractivity contribution in [2.75, 3.05) is 13.7 Å². The van der Waals surface area contributed by atoms with Crippen LogP contribution in [0.5, 0.6) is 0 Å². The number of hydrogen-bond acceptors (Lipinski definition) is 3. The number of nitrogens with zero attached hydrogens (tertiary/aromatic N) is 5. The maximum absolute atomic E-state index is 9.48. The number of imidazole rings is 1. The Morgan fingerprint density at radius 2 is 1.72 bits per heavy atom. The van der Waals surface area contributed by atoms with Crippen molar-refractivity contribution in [2.45, 2.75) is 39.4 Å². The summed E-state index contributed by atoms with van der Waals surface area (Å²) < 4.78 is 2.10. The molecule has 1 atom stereocenters. The van der Waals surface area contributed by atoms with Gasteiger partial charge >= 0.3 is 0 Å². The molecule has 1 heterocycles. The third-order valence-corrected chi connectivity index (χ3v) is 5.35. The maximum atomic E-state index is 9.48. The van der Waals surface area contributed by atoms with Gasteiger partial charge in [0.2, 0.25) is 5.96 Å². The van der Waals surface area contributed by atoms with E-state index < -0.39 is 0 Å². The topological polar surface area (TPSA) is 92.0 Å². The summed E-state index contributed by atoms with van der Waals surface area (Å²) in [6.07, 6.45) is 2.52. The van der Waals surface area contributed by atoms with Crippen molar-refractivity contribution in [3.63, 3.8) is 0 Å². The third kappa shape index (κ3) is 6.04. The van der Waals surface area contributed by atoms with Crippen molar-refractivity contribution in [1.29, 1.82) is 0 Å². The van der Waals surface area contributed by atoms with Gasteiger partial charge in [0.15, 0.2) is 5.84 Å². The molecular weight excluding hydrogens is 400 g/mol. The van der Waals surface area contributed by atoms with E-state index in [0.29, 0.717) is 18.8 Å². The number of hydrogen-bond donors (Lipinski definition) is 2. The number of aromatic nitrogens is 2. The van der Waals surface area contributed by atoms with E-state index >= 15 is 0 Å². The fourth-order valence-corrected chi connectivity index (χ4v) is 3.44. The summed E-state index contributed by atoms with van der Waals surface area (Å²) in [5.41, 5.74) is 10.3. The van der Waals surface area contributed by atoms with Gasteiger partial charge in [-0.3, -0.25) is 0 Å². The fourth-order valence-electron chi connectivity index (χ4n) is 3.44. The van der Waals surface area contributed by atoms with E-state index in [4.69, 9.17) is 5.73 Å². The van der Waals surface area contributed by atoms with E-state index in [0.717, 1.165) is 23.5 Å². The summed E-state index contributed by atoms with van der Waals surface area (Å²) in [6.45, 7) is 5.30. The largest absolute Gasteiger partial charge is 0.394 e. The quantitative estimate of drug-likeness (QED) is 0.422. The molecule has 7 heteroatoms. The average molecular weight is 433 g/mol. The van der Waals surface area contributed by atoms with Crippen molar-refractivity contribution >= 4 is 11.8 Å². The molecule has 0 saturated carbocycles. The lowest BCUT2D eigenvalue weighted by atomic mass is 10.2. The Balaban J connectivity index is 1.95. The number of nitrogens with two attached hydrogens (primary N) is 1. The lowest BCUT2D eigenvalue weighted by molar-refractivity contribution is 0.264. The fraction of sp³-hybridized carbons (Fsp3) is 0.320. The first-order valence-electron chi connectivity index (χ1n) is 10.9. The zero-order chi connectivity index (χ0) is 22.9. The van der Waals surface area contributed by atoms with E-state index in [2.05, 4.69) is 43.8 Å². The van der Waals surface area contributed by atoms with Crippen LogP contribution in [-0.4, -0.2) is 51.0 Å². The second-order valence-electron chi connectivity index (χ2n) is 7.80. The molecule has 3 rings (SSSR count). The first-order chi connectivity index (χ1) is 15.5. The highest BCUT2D eigenvalue weighted by molar-refractivity contribution is 6.04. The minimum absolute atomic E-state index is 0.0629. The Kier molecular flexibility index (Phi) is 8.16. The minimum atomic E-state index is -0.267. The maximum Gasteiger partial charge on any atom is 0.217 e. The van der Waals surface area contributed by atoms with Crippen LogP contribution < -0.4 is 5.73 Å². The molecular formula is C25H32N6O. The van der Waals surface area contributed by atoms with Crippen molar-refractivity contribution in [3.05, 3.63) is 89.5 Å². The third-order valence-electron chi connectivity index (χ3n) is 5.35. The molecule has 0 aliphatic rings. The molecule has 0 radical (unpaired) electrons. The molecule has 168 valence electrons. The van der Waals surface area contributed by atoms with Gasteiger partial charge in [0.05, 0.1) is 19.0 Å². The van der Waals surface area contributed by atoms with E-state index in [9.17, 15) is 5.11 Å². The Morgan fingerprint density at radius 3 is 2.31 bits per heavy atom. The van der Waals surface area contributed by atoms with Crippen molar-refractivity contribution in [1.82, 2.24) is 14.5 Å². The van der Waals surface area contributed by atoms with Gasteiger partial charge in [0, 0.05) is 25.8 Å². The van der Waals surface area contributed by atoms with Gasteiger partial charge in [-0.2, -0.15) is 4.99 Å². The van der Waals surface area contributed by atoms with Crippen LogP contribution in [0.3, 0.4) is 0 Å². The van der Waals surface area contributed by atoms with Gasteiger partial charge in [0.1, 0.15) is 5.69 Å². The van der Waals surface area contributed by atoms with Crippen LogP contribution in [0, 0.1) is 6.92 Å². The zero-order valence-corrected chi connectivity index (χ0v) is 19.0. The number of aliphatic hydroxyl groups excluding tert-OH is 1. The molecule has 0 saturated heterocycles. The first-order valence-corrected chi connectivity index (χ1v) is 10.9. The van der Waals surface area contributed by atoms with Crippen LogP contribution in [-0.2, 0) is 13.1 Å². The normalized spacial score (nSPS) is 13.2. The molecule has 0 unspecified atom stereocenters. The second kappa shape index (κ2) is 11.2. The van der Waals surface area contributed by atoms with Crippen LogP contribution in [0.1, 0.15) is 35.9 Å². The number of rotatable bonds is 8. The smallest absolute Gasteiger partial charge is 0.217 e. The summed E-state index contributed by atoms with van der Waals surface area (Å²) in [4.78, 5) is 15.7. The monoisotopic (exact) mass is 432 g/mol. The number of amidine groups is 1. The summed E-state index contributed by atoms with van der Waals surface area (Å²) in [7, 11) is 1.97. The van der Waals surface area contributed by atoms with Crippen LogP contribution in [0.4, 0.5) is 0 Å². The average Bonchev–Trinajstić information content (AvgIpc) is 3.16. The SMILES string of the molecule is CC[C@H](CO)N=C(N)N=C(c1ncn(Cc2ccccc2)c1C)N(C)Cc1ccccc1. The van der Waals surface area contributed by atoms with E-state index in [1.54, 1.807) is 0 Å². The molecule has 3 aromatic rings. The number of guanidine groups is 1. The highest BCUT2D eigenvalue weighted by Crippen LogP contribution is 2.15. The van der Waals surface area contributed by atoms with Gasteiger partial charge in [0.25, 0.3) is 0 Å². The van der Waals surface area contributed by atoms with Crippen molar-refractivity contribution in [2.24, 2.45) is 15.7 Å². The summed E-state index contributed by atoms with van der Waals surface area (Å²) >= 11 is 0. The number of aliphatic hydroxyl groups is 1. The summed E-state index contributed by atoms with van der Waals surface area (Å²) in [5.74, 6) is 0.782. The molecule has 0 spiro atoms. The van der Waals surface area contributed by atoms with E-state index in [-0.39, 0.29) is 18.6 Å². The molecule has 3 N–H and O–H groups in total. The number of aliphatic imine (C=N–C) groups is 2. The molecule has 2 aromatic carbocycles. The second-order valence-corrected chi connectivity index (χ2v) is 7.80. The molecule has 32 heavy (non-hydrogen) atoms. The predicted molar refractivity (Wildman–Crippen MR) is 130 cm³/mol. The highest BCUT2D eigenvalue weighted by Gasteiger charge is 2.18. The molecule has 1 aromatic heterocycles. The molecule has 0 aliphatic heterocycles. The Morgan fingerprint density at radius 1 is 1.09 bits per heavy atom. The van der Waals surface area contributed by atoms with Gasteiger partial charge in [-0.05, 0) is 24.5 Å². The predicted octanol–water partition coefficient (Wildman–Crippen LogP) is 3.20. The molecule has 0 fully saturated rings. The summed E-state index contributed by atoms with van der Waals surface area (Å²) in [5, 5.41) is 9.48.